The molecule has 0 radical (unpaired) electrons. The number of methoxy groups -OCH3 is 1. The zero-order valence-electron chi connectivity index (χ0n) is 15.6. The minimum atomic E-state index is 0.104. The lowest BCUT2D eigenvalue weighted by atomic mass is 10.1. The van der Waals surface area contributed by atoms with Crippen molar-refractivity contribution in [3.63, 3.8) is 0 Å². The maximum atomic E-state index is 10.0. The van der Waals surface area contributed by atoms with Crippen LogP contribution in [0.25, 0.3) is 22.3 Å². The third-order valence-electron chi connectivity index (χ3n) is 4.82. The third-order valence-corrected chi connectivity index (χ3v) is 4.82. The van der Waals surface area contributed by atoms with Gasteiger partial charge >= 0.3 is 0 Å². The van der Waals surface area contributed by atoms with Gasteiger partial charge in [0.25, 0.3) is 0 Å². The zero-order valence-corrected chi connectivity index (χ0v) is 15.6. The van der Waals surface area contributed by atoms with Gasteiger partial charge in [0.1, 0.15) is 22.9 Å². The van der Waals surface area contributed by atoms with Gasteiger partial charge in [-0.1, -0.05) is 36.4 Å². The van der Waals surface area contributed by atoms with Gasteiger partial charge in [0.05, 0.1) is 30.1 Å². The van der Waals surface area contributed by atoms with E-state index in [9.17, 15) is 5.11 Å². The van der Waals surface area contributed by atoms with Crippen LogP contribution in [0.3, 0.4) is 0 Å². The summed E-state index contributed by atoms with van der Waals surface area (Å²) in [7, 11) is 1.57. The van der Waals surface area contributed by atoms with E-state index in [1.165, 1.54) is 6.21 Å². The normalized spacial score (nSPS) is 13.8. The molecule has 1 aliphatic rings. The molecule has 29 heavy (non-hydrogen) atoms. The molecule has 6 heteroatoms. The van der Waals surface area contributed by atoms with Crippen molar-refractivity contribution < 1.29 is 9.84 Å². The Balaban J connectivity index is 1.63. The first-order chi connectivity index (χ1) is 14.2. The number of fused-ring (bicyclic) bond motifs is 4. The van der Waals surface area contributed by atoms with E-state index in [4.69, 9.17) is 14.7 Å². The van der Waals surface area contributed by atoms with Crippen LogP contribution in [0.2, 0.25) is 0 Å². The summed E-state index contributed by atoms with van der Waals surface area (Å²) >= 11 is 0. The second-order valence-corrected chi connectivity index (χ2v) is 6.57. The molecule has 4 aromatic rings. The van der Waals surface area contributed by atoms with E-state index in [1.807, 2.05) is 48.5 Å². The smallest absolute Gasteiger partial charge is 0.124 e. The number of ether oxygens (including phenoxy) is 1. The molecular weight excluding hydrogens is 364 g/mol. The maximum Gasteiger partial charge on any atom is 0.124 e. The van der Waals surface area contributed by atoms with Crippen LogP contribution >= 0.6 is 0 Å². The first-order valence-corrected chi connectivity index (χ1v) is 9.09. The summed E-state index contributed by atoms with van der Waals surface area (Å²) in [6.45, 7) is 0. The molecule has 1 aromatic heterocycles. The molecule has 1 aliphatic carbocycles. The van der Waals surface area contributed by atoms with Crippen LogP contribution in [0, 0.1) is 0 Å². The molecule has 0 atom stereocenters. The van der Waals surface area contributed by atoms with E-state index in [-0.39, 0.29) is 5.75 Å². The molecule has 0 saturated heterocycles. The van der Waals surface area contributed by atoms with Crippen molar-refractivity contribution in [1.29, 1.82) is 0 Å². The van der Waals surface area contributed by atoms with E-state index in [1.54, 1.807) is 25.3 Å². The molecule has 140 valence electrons. The van der Waals surface area contributed by atoms with Gasteiger partial charge in [-0.15, -0.1) is 5.10 Å². The fourth-order valence-corrected chi connectivity index (χ4v) is 3.39. The summed E-state index contributed by atoms with van der Waals surface area (Å²) in [4.78, 5) is 9.58. The van der Waals surface area contributed by atoms with Crippen LogP contribution in [-0.4, -0.2) is 34.1 Å². The van der Waals surface area contributed by atoms with Gasteiger partial charge in [0, 0.05) is 16.7 Å². The van der Waals surface area contributed by atoms with Crippen LogP contribution < -0.4 is 4.74 Å². The van der Waals surface area contributed by atoms with Crippen LogP contribution in [0.1, 0.15) is 16.8 Å². The van der Waals surface area contributed by atoms with Gasteiger partial charge in [0.2, 0.25) is 0 Å². The van der Waals surface area contributed by atoms with Gasteiger partial charge < -0.3 is 9.84 Å². The monoisotopic (exact) mass is 380 g/mol. The summed E-state index contributed by atoms with van der Waals surface area (Å²) in [5.41, 5.74) is 6.25. The van der Waals surface area contributed by atoms with E-state index in [0.29, 0.717) is 22.7 Å². The van der Waals surface area contributed by atoms with Gasteiger partial charge in [-0.05, 0) is 30.3 Å². The standard InChI is InChI=1S/C23H16N4O2/c1-29-15-10-11-20(28)14(12-15)13-24-27-22-17-7-3-2-6-16(17)21-23(22)26-19-9-5-4-8-18(19)25-21/h2-13,28H,1H3/b24-13-,27-22+. The number of hydrogen-bond acceptors (Lipinski definition) is 6. The van der Waals surface area contributed by atoms with E-state index >= 15 is 0 Å². The summed E-state index contributed by atoms with van der Waals surface area (Å²) in [5.74, 6) is 0.735. The number of rotatable bonds is 3. The number of hydrogen-bond donors (Lipinski definition) is 1. The lowest BCUT2D eigenvalue weighted by molar-refractivity contribution is 0.412. The molecule has 1 N–H and O–H groups in total. The first kappa shape index (κ1) is 17.1. The first-order valence-electron chi connectivity index (χ1n) is 9.09. The average Bonchev–Trinajstić information content (AvgIpc) is 3.06. The van der Waals surface area contributed by atoms with Crippen LogP contribution in [0.4, 0.5) is 0 Å². The second-order valence-electron chi connectivity index (χ2n) is 6.57. The molecule has 0 spiro atoms. The van der Waals surface area contributed by atoms with Gasteiger partial charge in [-0.25, -0.2) is 9.97 Å². The Labute approximate surface area is 166 Å². The van der Waals surface area contributed by atoms with Gasteiger partial charge in [0.15, 0.2) is 0 Å². The predicted molar refractivity (Wildman–Crippen MR) is 113 cm³/mol. The van der Waals surface area contributed by atoms with Crippen LogP contribution in [0.15, 0.2) is 76.9 Å². The minimum Gasteiger partial charge on any atom is -0.507 e. The number of aromatic hydroxyl groups is 1. The van der Waals surface area contributed by atoms with Crippen molar-refractivity contribution in [1.82, 2.24) is 9.97 Å². The van der Waals surface area contributed by atoms with Gasteiger partial charge in [-0.2, -0.15) is 5.10 Å². The molecule has 0 aliphatic heterocycles. The predicted octanol–water partition coefficient (Wildman–Crippen LogP) is 4.20. The topological polar surface area (TPSA) is 80.0 Å². The highest BCUT2D eigenvalue weighted by Crippen LogP contribution is 2.35. The van der Waals surface area contributed by atoms with Crippen molar-refractivity contribution in [2.75, 3.05) is 7.11 Å². The van der Waals surface area contributed by atoms with Crippen molar-refractivity contribution in [2.45, 2.75) is 0 Å². The van der Waals surface area contributed by atoms with E-state index in [2.05, 4.69) is 10.2 Å². The Morgan fingerprint density at radius 2 is 1.55 bits per heavy atom. The Morgan fingerprint density at radius 1 is 0.862 bits per heavy atom. The van der Waals surface area contributed by atoms with E-state index in [0.717, 1.165) is 27.9 Å². The summed E-state index contributed by atoms with van der Waals surface area (Å²) in [5, 5.41) is 18.7. The Kier molecular flexibility index (Phi) is 4.02. The Morgan fingerprint density at radius 3 is 2.31 bits per heavy atom. The number of nitrogens with zero attached hydrogens (tertiary/aromatic N) is 4. The van der Waals surface area contributed by atoms with Crippen molar-refractivity contribution in [3.05, 3.63) is 83.6 Å². The van der Waals surface area contributed by atoms with E-state index < -0.39 is 0 Å². The lowest BCUT2D eigenvalue weighted by Crippen LogP contribution is -2.01. The molecule has 1 heterocycles. The summed E-state index contributed by atoms with van der Waals surface area (Å²) < 4.78 is 5.20. The Hall–Kier alpha value is -4.06. The zero-order chi connectivity index (χ0) is 19.8. The summed E-state index contributed by atoms with van der Waals surface area (Å²) in [6.07, 6.45) is 1.50. The molecular formula is C23H16N4O2. The number of para-hydroxylation sites is 2. The molecule has 0 amide bonds. The molecule has 0 bridgehead atoms. The Bertz CT molecular complexity index is 1310. The molecule has 0 unspecified atom stereocenters. The number of phenols is 1. The third kappa shape index (κ3) is 2.91. The summed E-state index contributed by atoms with van der Waals surface area (Å²) in [6, 6.07) is 20.6. The molecule has 0 saturated carbocycles. The fourth-order valence-electron chi connectivity index (χ4n) is 3.39. The fraction of sp³-hybridized carbons (Fsp3) is 0.0435. The highest BCUT2D eigenvalue weighted by atomic mass is 16.5. The number of benzene rings is 3. The lowest BCUT2D eigenvalue weighted by Gasteiger charge is -2.03. The van der Waals surface area contributed by atoms with Crippen LogP contribution in [0.5, 0.6) is 11.5 Å². The minimum absolute atomic E-state index is 0.104. The average molecular weight is 380 g/mol. The number of aromatic nitrogens is 2. The highest BCUT2D eigenvalue weighted by molar-refractivity contribution is 6.23. The van der Waals surface area contributed by atoms with Crippen LogP contribution in [-0.2, 0) is 0 Å². The highest BCUT2D eigenvalue weighted by Gasteiger charge is 2.28. The maximum absolute atomic E-state index is 10.0. The number of phenolic OH excluding ortho intramolecular Hbond substituents is 1. The largest absolute Gasteiger partial charge is 0.507 e. The second kappa shape index (κ2) is 6.83. The van der Waals surface area contributed by atoms with Crippen molar-refractivity contribution >= 4 is 23.0 Å². The molecule has 0 fully saturated rings. The SMILES string of the molecule is COc1ccc(O)c(/C=N\N=C2/c3ccccc3-c3nc4ccccc4nc32)c1. The van der Waals surface area contributed by atoms with Crippen molar-refractivity contribution in [2.24, 2.45) is 10.2 Å². The molecule has 3 aromatic carbocycles. The quantitative estimate of drug-likeness (QED) is 0.376. The molecule has 5 rings (SSSR count). The molecule has 6 nitrogen and oxygen atoms in total. The van der Waals surface area contributed by atoms with Gasteiger partial charge in [-0.3, -0.25) is 0 Å². The van der Waals surface area contributed by atoms with Crippen molar-refractivity contribution in [3.8, 4) is 22.8 Å².